The van der Waals surface area contributed by atoms with Crippen LogP contribution in [0, 0.1) is 0 Å². The molecule has 2 aromatic carbocycles. The molecule has 1 aliphatic heterocycles. The first-order valence-corrected chi connectivity index (χ1v) is 10.7. The van der Waals surface area contributed by atoms with E-state index in [4.69, 9.17) is 18.9 Å². The molecule has 1 saturated heterocycles. The van der Waals surface area contributed by atoms with Crippen LogP contribution in [0.2, 0.25) is 0 Å². The van der Waals surface area contributed by atoms with Crippen molar-refractivity contribution in [3.05, 3.63) is 48.0 Å². The summed E-state index contributed by atoms with van der Waals surface area (Å²) in [6.45, 7) is 5.82. The summed E-state index contributed by atoms with van der Waals surface area (Å²) in [6, 6.07) is 14.1. The van der Waals surface area contributed by atoms with Crippen molar-refractivity contribution in [1.82, 2.24) is 9.80 Å². The van der Waals surface area contributed by atoms with Gasteiger partial charge in [-0.05, 0) is 12.0 Å². The number of aliphatic hydroxyl groups is 1. The van der Waals surface area contributed by atoms with Crippen molar-refractivity contribution in [2.45, 2.75) is 12.5 Å². The molecule has 0 bridgehead atoms. The summed E-state index contributed by atoms with van der Waals surface area (Å²) in [6.07, 6.45) is 0.501. The van der Waals surface area contributed by atoms with Crippen molar-refractivity contribution in [2.24, 2.45) is 0 Å². The molecule has 31 heavy (non-hydrogen) atoms. The van der Waals surface area contributed by atoms with Crippen molar-refractivity contribution < 1.29 is 24.1 Å². The maximum Gasteiger partial charge on any atom is 0.203 e. The van der Waals surface area contributed by atoms with Crippen molar-refractivity contribution in [1.29, 1.82) is 0 Å². The first-order valence-electron chi connectivity index (χ1n) is 10.7. The molecule has 1 aliphatic rings. The van der Waals surface area contributed by atoms with Crippen LogP contribution in [0.15, 0.2) is 42.5 Å². The summed E-state index contributed by atoms with van der Waals surface area (Å²) in [4.78, 5) is 4.78. The van der Waals surface area contributed by atoms with Crippen LogP contribution < -0.4 is 18.9 Å². The lowest BCUT2D eigenvalue weighted by Gasteiger charge is -2.35. The molecule has 7 nitrogen and oxygen atoms in total. The Labute approximate surface area is 185 Å². The SMILES string of the molecule is COc1cc(OCC(O)CN2CCN(CCc3ccccc3)CC2)cc(OC)c1OC. The number of benzene rings is 2. The quantitative estimate of drug-likeness (QED) is 0.587. The van der Waals surface area contributed by atoms with Crippen LogP contribution in [-0.4, -0.2) is 88.2 Å². The molecule has 1 fully saturated rings. The fourth-order valence-corrected chi connectivity index (χ4v) is 3.81. The maximum atomic E-state index is 10.5. The summed E-state index contributed by atoms with van der Waals surface area (Å²) < 4.78 is 21.8. The number of piperazine rings is 1. The van der Waals surface area contributed by atoms with E-state index in [0.29, 0.717) is 29.5 Å². The van der Waals surface area contributed by atoms with Gasteiger partial charge in [0.1, 0.15) is 18.5 Å². The Morgan fingerprint density at radius 1 is 0.871 bits per heavy atom. The molecule has 1 unspecified atom stereocenters. The topological polar surface area (TPSA) is 63.6 Å². The van der Waals surface area contributed by atoms with Gasteiger partial charge in [-0.1, -0.05) is 30.3 Å². The van der Waals surface area contributed by atoms with E-state index in [2.05, 4.69) is 40.1 Å². The van der Waals surface area contributed by atoms with Crippen LogP contribution in [0.4, 0.5) is 0 Å². The smallest absolute Gasteiger partial charge is 0.203 e. The van der Waals surface area contributed by atoms with E-state index in [9.17, 15) is 5.11 Å². The fraction of sp³-hybridized carbons (Fsp3) is 0.500. The highest BCUT2D eigenvalue weighted by Crippen LogP contribution is 2.40. The normalized spacial score (nSPS) is 16.0. The van der Waals surface area contributed by atoms with E-state index in [1.165, 1.54) is 5.56 Å². The Kier molecular flexibility index (Phi) is 8.82. The van der Waals surface area contributed by atoms with Crippen LogP contribution in [0.1, 0.15) is 5.56 Å². The minimum Gasteiger partial charge on any atom is -0.493 e. The first kappa shape index (κ1) is 23.2. The van der Waals surface area contributed by atoms with Crippen molar-refractivity contribution in [2.75, 3.05) is 67.2 Å². The highest BCUT2D eigenvalue weighted by molar-refractivity contribution is 5.55. The monoisotopic (exact) mass is 430 g/mol. The van der Waals surface area contributed by atoms with E-state index in [0.717, 1.165) is 39.1 Å². The van der Waals surface area contributed by atoms with Gasteiger partial charge >= 0.3 is 0 Å². The molecule has 0 spiro atoms. The van der Waals surface area contributed by atoms with E-state index in [1.54, 1.807) is 33.5 Å². The van der Waals surface area contributed by atoms with Gasteiger partial charge in [0, 0.05) is 51.4 Å². The third-order valence-electron chi connectivity index (χ3n) is 5.57. The Morgan fingerprint density at radius 2 is 1.48 bits per heavy atom. The predicted octanol–water partition coefficient (Wildman–Crippen LogP) is 2.31. The van der Waals surface area contributed by atoms with E-state index in [1.807, 2.05) is 0 Å². The third-order valence-corrected chi connectivity index (χ3v) is 5.57. The number of methoxy groups -OCH3 is 3. The Bertz CT molecular complexity index is 769. The van der Waals surface area contributed by atoms with Crippen LogP contribution in [-0.2, 0) is 6.42 Å². The van der Waals surface area contributed by atoms with Crippen molar-refractivity contribution >= 4 is 0 Å². The lowest BCUT2D eigenvalue weighted by atomic mass is 10.1. The first-order chi connectivity index (χ1) is 15.1. The van der Waals surface area contributed by atoms with Gasteiger partial charge in [0.25, 0.3) is 0 Å². The highest BCUT2D eigenvalue weighted by Gasteiger charge is 2.20. The molecule has 1 atom stereocenters. The molecular weight excluding hydrogens is 396 g/mol. The molecule has 0 radical (unpaired) electrons. The van der Waals surface area contributed by atoms with Crippen LogP contribution in [0.25, 0.3) is 0 Å². The second-order valence-electron chi connectivity index (χ2n) is 7.70. The molecule has 3 rings (SSSR count). The lowest BCUT2D eigenvalue weighted by molar-refractivity contribution is 0.0462. The number of β-amino-alcohol motifs (C(OH)–C–C–N with tert-alkyl or cyclic N) is 1. The van der Waals surface area contributed by atoms with Crippen LogP contribution in [0.3, 0.4) is 0 Å². The molecule has 0 aromatic heterocycles. The minimum atomic E-state index is -0.574. The molecule has 2 aromatic rings. The van der Waals surface area contributed by atoms with Gasteiger partial charge in [-0.2, -0.15) is 0 Å². The molecule has 0 saturated carbocycles. The number of hydrogen-bond acceptors (Lipinski definition) is 7. The molecule has 0 amide bonds. The Hall–Kier alpha value is -2.48. The van der Waals surface area contributed by atoms with Crippen molar-refractivity contribution in [3.8, 4) is 23.0 Å². The number of rotatable bonds is 11. The van der Waals surface area contributed by atoms with E-state index in [-0.39, 0.29) is 6.61 Å². The zero-order valence-corrected chi connectivity index (χ0v) is 18.8. The average Bonchev–Trinajstić information content (AvgIpc) is 2.82. The maximum absolute atomic E-state index is 10.5. The summed E-state index contributed by atoms with van der Waals surface area (Å²) in [5.41, 5.74) is 1.38. The zero-order valence-electron chi connectivity index (χ0n) is 18.8. The summed E-state index contributed by atoms with van der Waals surface area (Å²) >= 11 is 0. The summed E-state index contributed by atoms with van der Waals surface area (Å²) in [7, 11) is 4.69. The molecule has 7 heteroatoms. The fourth-order valence-electron chi connectivity index (χ4n) is 3.81. The number of ether oxygens (including phenoxy) is 4. The lowest BCUT2D eigenvalue weighted by Crippen LogP contribution is -2.49. The minimum absolute atomic E-state index is 0.201. The zero-order chi connectivity index (χ0) is 22.1. The number of aliphatic hydroxyl groups excluding tert-OH is 1. The Morgan fingerprint density at radius 3 is 2.06 bits per heavy atom. The third kappa shape index (κ3) is 6.75. The molecule has 1 N–H and O–H groups in total. The second kappa shape index (κ2) is 11.8. The molecule has 170 valence electrons. The van der Waals surface area contributed by atoms with Gasteiger partial charge in [-0.15, -0.1) is 0 Å². The van der Waals surface area contributed by atoms with Crippen LogP contribution >= 0.6 is 0 Å². The molecular formula is C24H34N2O5. The molecule has 0 aliphatic carbocycles. The average molecular weight is 431 g/mol. The van der Waals surface area contributed by atoms with Gasteiger partial charge in [0.2, 0.25) is 5.75 Å². The van der Waals surface area contributed by atoms with Gasteiger partial charge in [-0.25, -0.2) is 0 Å². The largest absolute Gasteiger partial charge is 0.493 e. The Balaban J connectivity index is 1.41. The standard InChI is InChI=1S/C24H34N2O5/c1-28-22-15-21(16-23(29-2)24(22)30-3)31-18-20(27)17-26-13-11-25(12-14-26)10-9-19-7-5-4-6-8-19/h4-8,15-16,20,27H,9-14,17-18H2,1-3H3. The van der Waals surface area contributed by atoms with Crippen molar-refractivity contribution in [3.63, 3.8) is 0 Å². The number of hydrogen-bond donors (Lipinski definition) is 1. The van der Waals surface area contributed by atoms with Crippen LogP contribution in [0.5, 0.6) is 23.0 Å². The summed E-state index contributed by atoms with van der Waals surface area (Å²) in [5, 5.41) is 10.5. The van der Waals surface area contributed by atoms with E-state index >= 15 is 0 Å². The van der Waals surface area contributed by atoms with Gasteiger partial charge in [-0.3, -0.25) is 4.90 Å². The van der Waals surface area contributed by atoms with Gasteiger partial charge in [0.05, 0.1) is 21.3 Å². The second-order valence-corrected chi connectivity index (χ2v) is 7.70. The van der Waals surface area contributed by atoms with Gasteiger partial charge in [0.15, 0.2) is 11.5 Å². The number of nitrogens with zero attached hydrogens (tertiary/aromatic N) is 2. The predicted molar refractivity (Wildman–Crippen MR) is 121 cm³/mol. The summed E-state index contributed by atoms with van der Waals surface area (Å²) in [5.74, 6) is 2.14. The van der Waals surface area contributed by atoms with E-state index < -0.39 is 6.10 Å². The molecule has 1 heterocycles. The van der Waals surface area contributed by atoms with Gasteiger partial charge < -0.3 is 29.0 Å². The highest BCUT2D eigenvalue weighted by atomic mass is 16.5.